The molecule has 170 valence electrons. The molecule has 0 N–H and O–H groups in total. The zero-order valence-electron chi connectivity index (χ0n) is 18.8. The minimum Gasteiger partial charge on any atom is -0.483 e. The molecule has 1 aromatic carbocycles. The van der Waals surface area contributed by atoms with E-state index in [9.17, 15) is 9.36 Å². The Hall–Kier alpha value is -0.720. The van der Waals surface area contributed by atoms with E-state index in [2.05, 4.69) is 0 Å². The van der Waals surface area contributed by atoms with Gasteiger partial charge < -0.3 is 18.7 Å². The van der Waals surface area contributed by atoms with Gasteiger partial charge in [0.2, 0.25) is 0 Å². The highest BCUT2D eigenvalue weighted by Crippen LogP contribution is 2.65. The lowest BCUT2D eigenvalue weighted by Crippen LogP contribution is -2.49. The summed E-state index contributed by atoms with van der Waals surface area (Å²) in [5.74, 6) is -0.207. The molecule has 30 heavy (non-hydrogen) atoms. The van der Waals surface area contributed by atoms with Gasteiger partial charge in [-0.3, -0.25) is 9.36 Å². The fraction of sp³-hybridized carbons (Fsp3) is 0.667. The molecule has 0 saturated carbocycles. The summed E-state index contributed by atoms with van der Waals surface area (Å²) in [7, 11) is -3.58. The molecule has 2 unspecified atom stereocenters. The molecule has 1 aromatic rings. The number of amides is 1. The van der Waals surface area contributed by atoms with Crippen molar-refractivity contribution in [1.82, 2.24) is 4.90 Å². The molecule has 1 fully saturated rings. The molecule has 9 heteroatoms. The molecule has 1 heterocycles. The molecule has 1 aliphatic rings. The van der Waals surface area contributed by atoms with Crippen LogP contribution >= 0.6 is 31.0 Å². The third-order valence-electron chi connectivity index (χ3n) is 4.85. The van der Waals surface area contributed by atoms with Gasteiger partial charge in [-0.1, -0.05) is 25.4 Å². The Labute approximate surface area is 189 Å². The molecule has 0 bridgehead atoms. The van der Waals surface area contributed by atoms with Crippen LogP contribution in [-0.2, 0) is 18.4 Å². The fourth-order valence-corrected chi connectivity index (χ4v) is 8.48. The van der Waals surface area contributed by atoms with Crippen LogP contribution in [0.4, 0.5) is 0 Å². The maximum absolute atomic E-state index is 13.8. The zero-order chi connectivity index (χ0) is 22.7. The van der Waals surface area contributed by atoms with E-state index in [1.807, 2.05) is 34.6 Å². The van der Waals surface area contributed by atoms with E-state index in [1.54, 1.807) is 48.7 Å². The summed E-state index contributed by atoms with van der Waals surface area (Å²) in [6.07, 6.45) is 0. The van der Waals surface area contributed by atoms with Gasteiger partial charge in [0.05, 0.1) is 18.6 Å². The first kappa shape index (κ1) is 25.5. The Balaban J connectivity index is 2.36. The normalized spacial score (nSPS) is 21.3. The number of benzene rings is 1. The smallest absolute Gasteiger partial charge is 0.354 e. The fourth-order valence-electron chi connectivity index (χ4n) is 3.70. The summed E-state index contributed by atoms with van der Waals surface area (Å²) in [5, 5.41) is 0.444. The Morgan fingerprint density at radius 2 is 1.87 bits per heavy atom. The molecule has 1 aliphatic heterocycles. The van der Waals surface area contributed by atoms with Crippen molar-refractivity contribution >= 4 is 36.9 Å². The zero-order valence-corrected chi connectivity index (χ0v) is 21.3. The van der Waals surface area contributed by atoms with Crippen LogP contribution in [0.15, 0.2) is 18.2 Å². The number of aryl methyl sites for hydroxylation is 1. The Kier molecular flexibility index (Phi) is 8.74. The lowest BCUT2D eigenvalue weighted by atomic mass is 10.1. The van der Waals surface area contributed by atoms with E-state index in [4.69, 9.17) is 25.4 Å². The van der Waals surface area contributed by atoms with Gasteiger partial charge in [0.1, 0.15) is 11.5 Å². The minimum absolute atomic E-state index is 0.150. The molecular weight excluding hydrogens is 445 g/mol. The molecule has 2 atom stereocenters. The number of hydrogen-bond donors (Lipinski definition) is 0. The van der Waals surface area contributed by atoms with Crippen molar-refractivity contribution in [2.24, 2.45) is 5.92 Å². The van der Waals surface area contributed by atoms with Gasteiger partial charge in [0.15, 0.2) is 6.61 Å². The van der Waals surface area contributed by atoms with Gasteiger partial charge in [0.25, 0.3) is 5.91 Å². The Bertz CT molecular complexity index is 794. The Morgan fingerprint density at radius 3 is 2.37 bits per heavy atom. The van der Waals surface area contributed by atoms with Crippen molar-refractivity contribution in [3.05, 3.63) is 28.8 Å². The third kappa shape index (κ3) is 5.55. The summed E-state index contributed by atoms with van der Waals surface area (Å²) in [5.41, 5.74) is 0.845. The van der Waals surface area contributed by atoms with Crippen LogP contribution < -0.4 is 4.74 Å². The van der Waals surface area contributed by atoms with Crippen LogP contribution in [0.3, 0.4) is 0 Å². The molecular formula is C21H33ClNO5PS. The molecule has 0 spiro atoms. The van der Waals surface area contributed by atoms with Gasteiger partial charge in [0, 0.05) is 9.77 Å². The van der Waals surface area contributed by atoms with Crippen LogP contribution in [0.5, 0.6) is 5.75 Å². The van der Waals surface area contributed by atoms with E-state index in [1.165, 1.54) is 0 Å². The van der Waals surface area contributed by atoms with Crippen molar-refractivity contribution in [3.8, 4) is 5.75 Å². The predicted octanol–water partition coefficient (Wildman–Crippen LogP) is 5.96. The first-order valence-electron chi connectivity index (χ1n) is 10.2. The largest absolute Gasteiger partial charge is 0.483 e. The molecule has 6 nitrogen and oxygen atoms in total. The first-order chi connectivity index (χ1) is 14.0. The van der Waals surface area contributed by atoms with Crippen molar-refractivity contribution in [1.29, 1.82) is 0 Å². The number of rotatable bonds is 9. The second kappa shape index (κ2) is 10.3. The van der Waals surface area contributed by atoms with Gasteiger partial charge in [-0.15, -0.1) is 11.8 Å². The van der Waals surface area contributed by atoms with E-state index in [-0.39, 0.29) is 37.0 Å². The molecule has 1 saturated heterocycles. The van der Waals surface area contributed by atoms with E-state index in [0.29, 0.717) is 10.8 Å². The minimum atomic E-state index is -3.58. The number of carbonyl (C=O) groups is 1. The van der Waals surface area contributed by atoms with Crippen LogP contribution in [0, 0.1) is 12.8 Å². The number of thioether (sulfide) groups is 1. The van der Waals surface area contributed by atoms with Gasteiger partial charge in [-0.2, -0.15) is 0 Å². The highest BCUT2D eigenvalue weighted by atomic mass is 35.5. The quantitative estimate of drug-likeness (QED) is 0.409. The van der Waals surface area contributed by atoms with E-state index in [0.717, 1.165) is 5.56 Å². The maximum Gasteiger partial charge on any atom is 0.354 e. The molecule has 0 aromatic heterocycles. The SMILES string of the molecule is CCOP(=O)(OCC)C1N(C(=O)COc2ccc(Cl)cc2C)C(C(C)C)SC1(C)C. The van der Waals surface area contributed by atoms with Crippen molar-refractivity contribution < 1.29 is 23.1 Å². The number of ether oxygens (including phenoxy) is 1. The summed E-state index contributed by atoms with van der Waals surface area (Å²) < 4.78 is 30.4. The lowest BCUT2D eigenvalue weighted by molar-refractivity contribution is -0.135. The molecule has 2 rings (SSSR count). The number of hydrogen-bond acceptors (Lipinski definition) is 6. The number of halogens is 1. The standard InChI is InChI=1S/C21H33ClNO5PS/c1-8-27-29(25,28-9-2)20-21(6,7)30-19(14(3)4)23(20)18(24)13-26-17-11-10-16(22)12-15(17)5/h10-12,14,19-20H,8-9,13H2,1-7H3. The number of nitrogens with zero attached hydrogens (tertiary/aromatic N) is 1. The van der Waals surface area contributed by atoms with Crippen LogP contribution in [-0.4, -0.2) is 46.5 Å². The van der Waals surface area contributed by atoms with Crippen molar-refractivity contribution in [3.63, 3.8) is 0 Å². The third-order valence-corrected chi connectivity index (χ3v) is 9.83. The monoisotopic (exact) mass is 477 g/mol. The molecule has 0 radical (unpaired) electrons. The number of carbonyl (C=O) groups excluding carboxylic acids is 1. The molecule has 1 amide bonds. The summed E-state index contributed by atoms with van der Waals surface area (Å²) in [6, 6.07) is 5.26. The van der Waals surface area contributed by atoms with Gasteiger partial charge in [-0.25, -0.2) is 0 Å². The first-order valence-corrected chi connectivity index (χ1v) is 13.1. The van der Waals surface area contributed by atoms with Crippen LogP contribution in [0.25, 0.3) is 0 Å². The summed E-state index contributed by atoms with van der Waals surface area (Å²) >= 11 is 7.63. The van der Waals surface area contributed by atoms with Crippen LogP contribution in [0.1, 0.15) is 47.1 Å². The summed E-state index contributed by atoms with van der Waals surface area (Å²) in [4.78, 5) is 15.1. The highest BCUT2D eigenvalue weighted by molar-refractivity contribution is 8.01. The topological polar surface area (TPSA) is 65.1 Å². The van der Waals surface area contributed by atoms with Gasteiger partial charge >= 0.3 is 7.60 Å². The van der Waals surface area contributed by atoms with E-state index >= 15 is 0 Å². The van der Waals surface area contributed by atoms with Crippen molar-refractivity contribution in [2.75, 3.05) is 19.8 Å². The lowest BCUT2D eigenvalue weighted by Gasteiger charge is -2.37. The van der Waals surface area contributed by atoms with Crippen molar-refractivity contribution in [2.45, 2.75) is 64.4 Å². The summed E-state index contributed by atoms with van der Waals surface area (Å²) in [6.45, 7) is 13.8. The maximum atomic E-state index is 13.8. The average molecular weight is 478 g/mol. The predicted molar refractivity (Wildman–Crippen MR) is 123 cm³/mol. The highest BCUT2D eigenvalue weighted by Gasteiger charge is 2.59. The second-order valence-electron chi connectivity index (χ2n) is 8.10. The van der Waals surface area contributed by atoms with Gasteiger partial charge in [-0.05, 0) is 64.3 Å². The van der Waals surface area contributed by atoms with E-state index < -0.39 is 18.1 Å². The second-order valence-corrected chi connectivity index (χ2v) is 12.4. The Morgan fingerprint density at radius 1 is 1.27 bits per heavy atom. The molecule has 0 aliphatic carbocycles. The van der Waals surface area contributed by atoms with Crippen LogP contribution in [0.2, 0.25) is 5.02 Å². The average Bonchev–Trinajstić information content (AvgIpc) is 2.93.